The molecule has 0 spiro atoms. The topological polar surface area (TPSA) is 105 Å². The first-order valence-electron chi connectivity index (χ1n) is 11.8. The molecule has 0 aromatic heterocycles. The molecule has 0 unspecified atom stereocenters. The zero-order valence-electron chi connectivity index (χ0n) is 19.7. The van der Waals surface area contributed by atoms with Crippen molar-refractivity contribution in [2.45, 2.75) is 57.4 Å². The van der Waals surface area contributed by atoms with Crippen molar-refractivity contribution in [1.82, 2.24) is 10.6 Å². The van der Waals surface area contributed by atoms with E-state index in [1.54, 1.807) is 0 Å². The Morgan fingerprint density at radius 3 is 2.15 bits per heavy atom. The fourth-order valence-corrected chi connectivity index (χ4v) is 4.90. The van der Waals surface area contributed by atoms with Gasteiger partial charge in [0, 0.05) is 24.4 Å². The quantitative estimate of drug-likeness (QED) is 0.508. The van der Waals surface area contributed by atoms with E-state index >= 15 is 0 Å². The standard InChI is InChI=1S/C27H32N2O5/c1-26(2,15-12-23(30)31)29-24(32)27(13-7-14-27)17-28-25(33)34-16-22-20-10-5-3-8-18(20)19-9-4-6-11-21(19)22/h3-6,8-11,22H,7,12-17H2,1-2H3,(H,28,33)(H,29,32)(H,30,31). The molecule has 2 amide bonds. The summed E-state index contributed by atoms with van der Waals surface area (Å²) in [6, 6.07) is 16.3. The van der Waals surface area contributed by atoms with Crippen LogP contribution in [0.4, 0.5) is 4.79 Å². The van der Waals surface area contributed by atoms with E-state index in [9.17, 15) is 14.4 Å². The van der Waals surface area contributed by atoms with E-state index in [4.69, 9.17) is 9.84 Å². The number of carbonyl (C=O) groups is 3. The summed E-state index contributed by atoms with van der Waals surface area (Å²) in [6.45, 7) is 4.06. The normalized spacial score (nSPS) is 16.1. The average Bonchev–Trinajstić information content (AvgIpc) is 3.09. The molecule has 180 valence electrons. The average molecular weight is 465 g/mol. The van der Waals surface area contributed by atoms with Crippen LogP contribution in [-0.4, -0.2) is 41.8 Å². The molecule has 0 atom stereocenters. The Bertz CT molecular complexity index is 1040. The SMILES string of the molecule is CC(C)(CCC(=O)O)NC(=O)C1(CNC(=O)OCC2c3ccccc3-c3ccccc32)CCC1. The van der Waals surface area contributed by atoms with Gasteiger partial charge < -0.3 is 20.5 Å². The number of alkyl carbamates (subject to hydrolysis) is 1. The van der Waals surface area contributed by atoms with Crippen LogP contribution in [0, 0.1) is 5.41 Å². The van der Waals surface area contributed by atoms with Crippen LogP contribution in [0.5, 0.6) is 0 Å². The third kappa shape index (κ3) is 4.93. The Balaban J connectivity index is 1.33. The Labute approximate surface area is 199 Å². The van der Waals surface area contributed by atoms with Crippen molar-refractivity contribution in [2.75, 3.05) is 13.2 Å². The second-order valence-electron chi connectivity index (χ2n) is 10.0. The minimum atomic E-state index is -0.891. The monoisotopic (exact) mass is 464 g/mol. The van der Waals surface area contributed by atoms with E-state index in [1.165, 1.54) is 11.1 Å². The largest absolute Gasteiger partial charge is 0.481 e. The summed E-state index contributed by atoms with van der Waals surface area (Å²) in [5.41, 5.74) is 3.32. The number of benzene rings is 2. The van der Waals surface area contributed by atoms with Crippen LogP contribution in [-0.2, 0) is 14.3 Å². The summed E-state index contributed by atoms with van der Waals surface area (Å²) >= 11 is 0. The molecule has 4 rings (SSSR count). The Morgan fingerprint density at radius 1 is 1.03 bits per heavy atom. The lowest BCUT2D eigenvalue weighted by atomic mass is 9.67. The number of hydrogen-bond acceptors (Lipinski definition) is 4. The van der Waals surface area contributed by atoms with Crippen LogP contribution < -0.4 is 10.6 Å². The molecule has 34 heavy (non-hydrogen) atoms. The van der Waals surface area contributed by atoms with Crippen LogP contribution in [0.2, 0.25) is 0 Å². The number of aliphatic carboxylic acids is 1. The number of carboxylic acid groups (broad SMARTS) is 1. The number of hydrogen-bond donors (Lipinski definition) is 3. The Hall–Kier alpha value is -3.35. The van der Waals surface area contributed by atoms with E-state index in [-0.39, 0.29) is 31.4 Å². The molecule has 3 N–H and O–H groups in total. The van der Waals surface area contributed by atoms with E-state index in [2.05, 4.69) is 34.9 Å². The summed E-state index contributed by atoms with van der Waals surface area (Å²) in [4.78, 5) is 36.5. The molecule has 2 aliphatic carbocycles. The van der Waals surface area contributed by atoms with Crippen molar-refractivity contribution in [3.8, 4) is 11.1 Å². The van der Waals surface area contributed by atoms with Gasteiger partial charge in [-0.25, -0.2) is 4.79 Å². The first-order valence-corrected chi connectivity index (χ1v) is 11.8. The Morgan fingerprint density at radius 2 is 1.62 bits per heavy atom. The van der Waals surface area contributed by atoms with Gasteiger partial charge in [0.2, 0.25) is 5.91 Å². The van der Waals surface area contributed by atoms with Gasteiger partial charge in [0.1, 0.15) is 6.61 Å². The maximum absolute atomic E-state index is 13.0. The van der Waals surface area contributed by atoms with Crippen molar-refractivity contribution in [2.24, 2.45) is 5.41 Å². The maximum Gasteiger partial charge on any atom is 0.407 e. The summed E-state index contributed by atoms with van der Waals surface area (Å²) in [7, 11) is 0. The molecular weight excluding hydrogens is 432 g/mol. The number of amides is 2. The second-order valence-corrected chi connectivity index (χ2v) is 10.0. The smallest absolute Gasteiger partial charge is 0.407 e. The predicted molar refractivity (Wildman–Crippen MR) is 128 cm³/mol. The zero-order chi connectivity index (χ0) is 24.3. The van der Waals surface area contributed by atoms with Gasteiger partial charge in [-0.3, -0.25) is 9.59 Å². The molecule has 7 heteroatoms. The van der Waals surface area contributed by atoms with Crippen molar-refractivity contribution < 1.29 is 24.2 Å². The van der Waals surface area contributed by atoms with E-state index in [0.717, 1.165) is 17.5 Å². The van der Waals surface area contributed by atoms with Gasteiger partial charge in [0.15, 0.2) is 0 Å². The van der Waals surface area contributed by atoms with E-state index < -0.39 is 23.0 Å². The van der Waals surface area contributed by atoms with Gasteiger partial charge in [-0.1, -0.05) is 55.0 Å². The molecule has 0 bridgehead atoms. The van der Waals surface area contributed by atoms with Crippen molar-refractivity contribution in [3.63, 3.8) is 0 Å². The molecule has 7 nitrogen and oxygen atoms in total. The molecule has 0 radical (unpaired) electrons. The van der Waals surface area contributed by atoms with Gasteiger partial charge in [-0.15, -0.1) is 0 Å². The number of ether oxygens (including phenoxy) is 1. The maximum atomic E-state index is 13.0. The third-order valence-electron chi connectivity index (χ3n) is 7.12. The van der Waals surface area contributed by atoms with Crippen LogP contribution >= 0.6 is 0 Å². The van der Waals surface area contributed by atoms with Crippen LogP contribution in [0.1, 0.15) is 63.0 Å². The number of fused-ring (bicyclic) bond motifs is 3. The molecule has 2 aromatic rings. The summed E-state index contributed by atoms with van der Waals surface area (Å²) in [6.07, 6.45) is 2.05. The van der Waals surface area contributed by atoms with Crippen molar-refractivity contribution >= 4 is 18.0 Å². The van der Waals surface area contributed by atoms with Gasteiger partial charge in [-0.05, 0) is 55.4 Å². The molecule has 0 heterocycles. The highest BCUT2D eigenvalue weighted by molar-refractivity contribution is 5.85. The van der Waals surface area contributed by atoms with Crippen LogP contribution in [0.15, 0.2) is 48.5 Å². The number of carboxylic acids is 1. The first kappa shape index (κ1) is 23.8. The number of nitrogens with one attached hydrogen (secondary N) is 2. The fraction of sp³-hybridized carbons (Fsp3) is 0.444. The van der Waals surface area contributed by atoms with Crippen LogP contribution in [0.3, 0.4) is 0 Å². The fourth-order valence-electron chi connectivity index (χ4n) is 4.90. The zero-order valence-corrected chi connectivity index (χ0v) is 19.7. The lowest BCUT2D eigenvalue weighted by molar-refractivity contribution is -0.140. The number of rotatable bonds is 9. The number of carbonyl (C=O) groups excluding carboxylic acids is 2. The van der Waals surface area contributed by atoms with Gasteiger partial charge >= 0.3 is 12.1 Å². The summed E-state index contributed by atoms with van der Waals surface area (Å²) < 4.78 is 5.60. The highest BCUT2D eigenvalue weighted by Crippen LogP contribution is 2.44. The molecular formula is C27H32N2O5. The predicted octanol–water partition coefficient (Wildman–Crippen LogP) is 4.46. The minimum Gasteiger partial charge on any atom is -0.481 e. The molecule has 2 aliphatic rings. The van der Waals surface area contributed by atoms with E-state index in [1.807, 2.05) is 38.1 Å². The highest BCUT2D eigenvalue weighted by Gasteiger charge is 2.45. The first-order chi connectivity index (χ1) is 16.2. The third-order valence-corrected chi connectivity index (χ3v) is 7.12. The molecule has 1 saturated carbocycles. The summed E-state index contributed by atoms with van der Waals surface area (Å²) in [5, 5.41) is 14.7. The lowest BCUT2D eigenvalue weighted by Crippen LogP contribution is -2.57. The van der Waals surface area contributed by atoms with Crippen molar-refractivity contribution in [1.29, 1.82) is 0 Å². The van der Waals surface area contributed by atoms with Gasteiger partial charge in [0.25, 0.3) is 0 Å². The molecule has 1 fully saturated rings. The highest BCUT2D eigenvalue weighted by atomic mass is 16.5. The van der Waals surface area contributed by atoms with Gasteiger partial charge in [-0.2, -0.15) is 0 Å². The van der Waals surface area contributed by atoms with Gasteiger partial charge in [0.05, 0.1) is 5.41 Å². The molecule has 2 aromatic carbocycles. The molecule has 0 saturated heterocycles. The minimum absolute atomic E-state index is 0.0156. The van der Waals surface area contributed by atoms with Crippen molar-refractivity contribution in [3.05, 3.63) is 59.7 Å². The lowest BCUT2D eigenvalue weighted by Gasteiger charge is -2.42. The summed E-state index contributed by atoms with van der Waals surface area (Å²) in [5.74, 6) is -1.06. The van der Waals surface area contributed by atoms with E-state index in [0.29, 0.717) is 19.3 Å². The Kier molecular flexibility index (Phi) is 6.64. The second kappa shape index (κ2) is 9.49. The molecule has 0 aliphatic heterocycles. The van der Waals surface area contributed by atoms with Crippen LogP contribution in [0.25, 0.3) is 11.1 Å².